The Labute approximate surface area is 186 Å². The highest BCUT2D eigenvalue weighted by molar-refractivity contribution is 8.00. The molecule has 3 N–H and O–H groups in total. The van der Waals surface area contributed by atoms with Gasteiger partial charge in [0.2, 0.25) is 5.91 Å². The molecule has 2 fully saturated rings. The Hall–Kier alpha value is -2.38. The van der Waals surface area contributed by atoms with Crippen molar-refractivity contribution in [2.24, 2.45) is 0 Å². The Morgan fingerprint density at radius 3 is 2.61 bits per heavy atom. The van der Waals surface area contributed by atoms with E-state index in [1.54, 1.807) is 7.11 Å². The molecule has 0 radical (unpaired) electrons. The van der Waals surface area contributed by atoms with Gasteiger partial charge in [-0.15, -0.1) is 0 Å². The van der Waals surface area contributed by atoms with Gasteiger partial charge in [-0.1, -0.05) is 18.6 Å². The molecule has 31 heavy (non-hydrogen) atoms. The third-order valence-electron chi connectivity index (χ3n) is 6.78. The minimum absolute atomic E-state index is 0.0551. The molecule has 6 nitrogen and oxygen atoms in total. The van der Waals surface area contributed by atoms with Gasteiger partial charge in [-0.3, -0.25) is 4.79 Å². The van der Waals surface area contributed by atoms with Crippen molar-refractivity contribution in [1.82, 2.24) is 0 Å². The van der Waals surface area contributed by atoms with Gasteiger partial charge in [0.05, 0.1) is 35.3 Å². The number of para-hydroxylation sites is 1. The van der Waals surface area contributed by atoms with Crippen molar-refractivity contribution in [3.63, 3.8) is 0 Å². The molecule has 1 spiro atoms. The lowest BCUT2D eigenvalue weighted by Crippen LogP contribution is -2.40. The number of hydrogen-bond donors (Lipinski definition) is 3. The monoisotopic (exact) mass is 440 g/mol. The first-order valence-electron chi connectivity index (χ1n) is 11.0. The molecule has 2 saturated carbocycles. The number of ether oxygens (including phenoxy) is 2. The van der Waals surface area contributed by atoms with E-state index >= 15 is 0 Å². The molecule has 3 aliphatic rings. The van der Waals surface area contributed by atoms with Crippen LogP contribution in [0.15, 0.2) is 41.3 Å². The van der Waals surface area contributed by atoms with Crippen LogP contribution in [0.4, 0.5) is 11.4 Å². The largest absolute Gasteiger partial charge is 0.496 e. The summed E-state index contributed by atoms with van der Waals surface area (Å²) in [4.78, 5) is 13.8. The van der Waals surface area contributed by atoms with Crippen molar-refractivity contribution >= 4 is 29.2 Å². The topological polar surface area (TPSA) is 79.8 Å². The summed E-state index contributed by atoms with van der Waals surface area (Å²) < 4.78 is 15.3. The normalized spacial score (nSPS) is 23.6. The van der Waals surface area contributed by atoms with Crippen molar-refractivity contribution in [2.75, 3.05) is 17.1 Å². The summed E-state index contributed by atoms with van der Waals surface area (Å²) in [6, 6.07) is 11.9. The van der Waals surface area contributed by atoms with Crippen LogP contribution in [0.1, 0.15) is 50.5 Å². The molecule has 0 atom stereocenters. The number of benzene rings is 2. The quantitative estimate of drug-likeness (QED) is 0.556. The zero-order valence-corrected chi connectivity index (χ0v) is 18.5. The van der Waals surface area contributed by atoms with Gasteiger partial charge in [-0.05, 0) is 74.2 Å². The summed E-state index contributed by atoms with van der Waals surface area (Å²) in [6.07, 6.45) is 5.81. The summed E-state index contributed by atoms with van der Waals surface area (Å²) in [5.74, 6) is 1.62. The molecular formula is C24H28N2O4S. The lowest BCUT2D eigenvalue weighted by atomic mass is 9.65. The first-order valence-corrected chi connectivity index (χ1v) is 11.8. The smallest absolute Gasteiger partial charge is 0.235 e. The number of amides is 1. The summed E-state index contributed by atoms with van der Waals surface area (Å²) in [5.41, 5.74) is 2.36. The summed E-state index contributed by atoms with van der Waals surface area (Å²) in [6.45, 7) is 0. The van der Waals surface area contributed by atoms with E-state index in [1.165, 1.54) is 11.9 Å². The zero-order valence-electron chi connectivity index (χ0n) is 17.6. The Kier molecular flexibility index (Phi) is 5.48. The second kappa shape index (κ2) is 8.28. The molecule has 1 aliphatic heterocycles. The van der Waals surface area contributed by atoms with Crippen LogP contribution in [0.25, 0.3) is 0 Å². The molecule has 1 heterocycles. The molecule has 1 amide bonds. The number of aliphatic hydroxyl groups is 1. The molecule has 0 aromatic heterocycles. The summed E-state index contributed by atoms with van der Waals surface area (Å²) in [5, 5.41) is 12.9. The molecule has 164 valence electrons. The van der Waals surface area contributed by atoms with Crippen molar-refractivity contribution in [3.05, 3.63) is 42.0 Å². The number of fused-ring (bicyclic) bond motifs is 2. The molecule has 2 aromatic rings. The zero-order chi connectivity index (χ0) is 21.4. The Balaban J connectivity index is 1.44. The minimum atomic E-state index is -0.414. The van der Waals surface area contributed by atoms with Gasteiger partial charge in [0, 0.05) is 11.8 Å². The highest BCUT2D eigenvalue weighted by atomic mass is 32.2. The van der Waals surface area contributed by atoms with Gasteiger partial charge >= 0.3 is 0 Å². The molecule has 5 rings (SSSR count). The highest BCUT2D eigenvalue weighted by Gasteiger charge is 2.52. The number of rotatable bonds is 6. The van der Waals surface area contributed by atoms with E-state index in [0.717, 1.165) is 78.3 Å². The number of methoxy groups -OCH3 is 1. The maximum absolute atomic E-state index is 12.9. The van der Waals surface area contributed by atoms with Gasteiger partial charge in [-0.2, -0.15) is 0 Å². The lowest BCUT2D eigenvalue weighted by Gasteiger charge is -2.36. The second-order valence-corrected chi connectivity index (χ2v) is 9.54. The average molecular weight is 441 g/mol. The fourth-order valence-electron chi connectivity index (χ4n) is 4.82. The predicted molar refractivity (Wildman–Crippen MR) is 122 cm³/mol. The Bertz CT molecular complexity index is 984. The molecule has 0 saturated heterocycles. The third kappa shape index (κ3) is 3.74. The summed E-state index contributed by atoms with van der Waals surface area (Å²) >= 11 is 1.48. The highest BCUT2D eigenvalue weighted by Crippen LogP contribution is 2.55. The Morgan fingerprint density at radius 1 is 1.13 bits per heavy atom. The van der Waals surface area contributed by atoms with Gasteiger partial charge in [0.15, 0.2) is 0 Å². The number of anilines is 2. The third-order valence-corrected chi connectivity index (χ3v) is 7.68. The van der Waals surface area contributed by atoms with Crippen molar-refractivity contribution < 1.29 is 19.4 Å². The fourth-order valence-corrected chi connectivity index (χ4v) is 5.56. The van der Waals surface area contributed by atoms with Crippen molar-refractivity contribution in [1.29, 1.82) is 0 Å². The lowest BCUT2D eigenvalue weighted by molar-refractivity contribution is -0.123. The van der Waals surface area contributed by atoms with Gasteiger partial charge < -0.3 is 24.6 Å². The number of aliphatic hydroxyl groups excluding tert-OH is 1. The maximum Gasteiger partial charge on any atom is 0.235 e. The minimum Gasteiger partial charge on any atom is -0.496 e. The van der Waals surface area contributed by atoms with Gasteiger partial charge in [0.1, 0.15) is 11.5 Å². The van der Waals surface area contributed by atoms with Crippen LogP contribution >= 0.6 is 11.9 Å². The average Bonchev–Trinajstić information content (AvgIpc) is 3.06. The van der Waals surface area contributed by atoms with Crippen LogP contribution in [0.5, 0.6) is 11.5 Å². The first-order chi connectivity index (χ1) is 15.1. The van der Waals surface area contributed by atoms with Crippen molar-refractivity contribution in [2.45, 2.75) is 67.5 Å². The first kappa shape index (κ1) is 20.5. The fraction of sp³-hybridized carbons (Fsp3) is 0.458. The molecular weight excluding hydrogens is 412 g/mol. The van der Waals surface area contributed by atoms with Crippen LogP contribution in [0, 0.1) is 0 Å². The molecule has 0 bridgehead atoms. The molecule has 7 heteroatoms. The standard InChI is InChI=1S/C24H28N2O4S/c1-29-19-5-2-3-6-21(19)31-26-15-13-18-22(25-23(28)24(18)11-4-12-24)20(14-15)30-17-9-7-16(27)8-10-17/h2-3,5-6,13-14,16-17,26-27H,4,7-12H2,1H3,(H,25,28). The van der Waals surface area contributed by atoms with Gasteiger partial charge in [-0.25, -0.2) is 0 Å². The summed E-state index contributed by atoms with van der Waals surface area (Å²) in [7, 11) is 1.67. The van der Waals surface area contributed by atoms with Crippen LogP contribution in [0.2, 0.25) is 0 Å². The maximum atomic E-state index is 12.9. The molecule has 2 aromatic carbocycles. The van der Waals surface area contributed by atoms with E-state index < -0.39 is 5.41 Å². The van der Waals surface area contributed by atoms with Crippen molar-refractivity contribution in [3.8, 4) is 11.5 Å². The number of hydrogen-bond acceptors (Lipinski definition) is 6. The SMILES string of the molecule is COc1ccccc1SNc1cc(OC2CCC(O)CC2)c2c(c1)C1(CCC1)C(=O)N2. The van der Waals surface area contributed by atoms with Crippen LogP contribution in [-0.4, -0.2) is 30.3 Å². The van der Waals surface area contributed by atoms with E-state index in [9.17, 15) is 9.90 Å². The number of carbonyl (C=O) groups excluding carboxylic acids is 1. The van der Waals surface area contributed by atoms with Crippen LogP contribution < -0.4 is 19.5 Å². The van der Waals surface area contributed by atoms with E-state index in [1.807, 2.05) is 30.3 Å². The molecule has 0 unspecified atom stereocenters. The molecule has 2 aliphatic carbocycles. The van der Waals surface area contributed by atoms with Crippen LogP contribution in [0.3, 0.4) is 0 Å². The predicted octanol–water partition coefficient (Wildman–Crippen LogP) is 4.87. The van der Waals surface area contributed by atoms with E-state index in [-0.39, 0.29) is 18.1 Å². The van der Waals surface area contributed by atoms with Gasteiger partial charge in [0.25, 0.3) is 0 Å². The van der Waals surface area contributed by atoms with E-state index in [2.05, 4.69) is 16.1 Å². The van der Waals surface area contributed by atoms with E-state index in [4.69, 9.17) is 9.47 Å². The number of nitrogens with one attached hydrogen (secondary N) is 2. The van der Waals surface area contributed by atoms with Crippen LogP contribution in [-0.2, 0) is 10.2 Å². The Morgan fingerprint density at radius 2 is 1.90 bits per heavy atom. The number of carbonyl (C=O) groups is 1. The van der Waals surface area contributed by atoms with E-state index in [0.29, 0.717) is 0 Å². The second-order valence-electron chi connectivity index (χ2n) is 8.69.